The van der Waals surface area contributed by atoms with Gasteiger partial charge in [0, 0.05) is 0 Å². The van der Waals surface area contributed by atoms with Crippen LogP contribution in [0.5, 0.6) is 0 Å². The molecule has 5 nitrogen and oxygen atoms in total. The lowest BCUT2D eigenvalue weighted by molar-refractivity contribution is -0.144. The zero-order valence-electron chi connectivity index (χ0n) is 9.83. The normalized spacial score (nSPS) is 26.9. The molecule has 18 heavy (non-hydrogen) atoms. The van der Waals surface area contributed by atoms with Gasteiger partial charge in [-0.1, -0.05) is 17.7 Å². The SMILES string of the molecule is Cc1ccc(S(=O)(=O)[C@H]2C[C@@]2(CO)C(=O)O)cc1. The lowest BCUT2D eigenvalue weighted by Crippen LogP contribution is -2.27. The smallest absolute Gasteiger partial charge is 0.313 e. The minimum Gasteiger partial charge on any atom is -0.481 e. The Morgan fingerprint density at radius 2 is 1.94 bits per heavy atom. The van der Waals surface area contributed by atoms with Crippen LogP contribution in [0, 0.1) is 12.3 Å². The van der Waals surface area contributed by atoms with E-state index >= 15 is 0 Å². The lowest BCUT2D eigenvalue weighted by atomic mass is 10.1. The number of hydrogen-bond donors (Lipinski definition) is 2. The number of hydrogen-bond acceptors (Lipinski definition) is 4. The van der Waals surface area contributed by atoms with Gasteiger partial charge in [-0.25, -0.2) is 8.42 Å². The molecule has 0 spiro atoms. The summed E-state index contributed by atoms with van der Waals surface area (Å²) < 4.78 is 24.4. The second-order valence-electron chi connectivity index (χ2n) is 4.67. The predicted molar refractivity (Wildman–Crippen MR) is 63.9 cm³/mol. The average molecular weight is 270 g/mol. The van der Waals surface area contributed by atoms with Crippen LogP contribution in [0.25, 0.3) is 0 Å². The van der Waals surface area contributed by atoms with Gasteiger partial charge < -0.3 is 10.2 Å². The van der Waals surface area contributed by atoms with Gasteiger partial charge in [-0.05, 0) is 25.5 Å². The van der Waals surface area contributed by atoms with E-state index < -0.39 is 33.1 Å². The van der Waals surface area contributed by atoms with Crippen molar-refractivity contribution >= 4 is 15.8 Å². The number of carbonyl (C=O) groups is 1. The zero-order chi connectivity index (χ0) is 13.6. The molecular formula is C12H14O5S. The van der Waals surface area contributed by atoms with Crippen molar-refractivity contribution < 1.29 is 23.4 Å². The van der Waals surface area contributed by atoms with E-state index in [1.807, 2.05) is 6.92 Å². The van der Waals surface area contributed by atoms with E-state index in [1.165, 1.54) is 12.1 Å². The quantitative estimate of drug-likeness (QED) is 0.836. The van der Waals surface area contributed by atoms with Gasteiger partial charge in [-0.15, -0.1) is 0 Å². The van der Waals surface area contributed by atoms with Crippen molar-refractivity contribution in [2.75, 3.05) is 6.61 Å². The molecule has 0 unspecified atom stereocenters. The molecule has 0 aromatic heterocycles. The number of rotatable bonds is 4. The van der Waals surface area contributed by atoms with E-state index in [4.69, 9.17) is 10.2 Å². The van der Waals surface area contributed by atoms with Crippen LogP contribution in [-0.2, 0) is 14.6 Å². The van der Waals surface area contributed by atoms with E-state index in [1.54, 1.807) is 12.1 Å². The number of benzene rings is 1. The maximum atomic E-state index is 12.2. The Morgan fingerprint density at radius 3 is 2.33 bits per heavy atom. The summed E-state index contributed by atoms with van der Waals surface area (Å²) in [4.78, 5) is 11.1. The van der Waals surface area contributed by atoms with Crippen molar-refractivity contribution in [1.29, 1.82) is 0 Å². The largest absolute Gasteiger partial charge is 0.481 e. The Hall–Kier alpha value is -1.40. The molecule has 1 fully saturated rings. The molecule has 1 aromatic rings. The first kappa shape index (κ1) is 13.0. The van der Waals surface area contributed by atoms with Crippen molar-refractivity contribution in [3.8, 4) is 0 Å². The highest BCUT2D eigenvalue weighted by Gasteiger charge is 2.66. The Labute approximate surface area is 105 Å². The highest BCUT2D eigenvalue weighted by atomic mass is 32.2. The molecule has 1 aromatic carbocycles. The van der Waals surface area contributed by atoms with Crippen LogP contribution < -0.4 is 0 Å². The summed E-state index contributed by atoms with van der Waals surface area (Å²) in [6.45, 7) is 1.18. The molecule has 2 rings (SSSR count). The number of carboxylic acid groups (broad SMARTS) is 1. The molecule has 0 bridgehead atoms. The summed E-state index contributed by atoms with van der Waals surface area (Å²) >= 11 is 0. The third-order valence-corrected chi connectivity index (χ3v) is 5.73. The summed E-state index contributed by atoms with van der Waals surface area (Å²) in [7, 11) is -3.69. The Kier molecular flexibility index (Phi) is 2.95. The fraction of sp³-hybridized carbons (Fsp3) is 0.417. The van der Waals surface area contributed by atoms with Crippen molar-refractivity contribution in [2.24, 2.45) is 5.41 Å². The highest BCUT2D eigenvalue weighted by molar-refractivity contribution is 7.92. The first-order valence-electron chi connectivity index (χ1n) is 5.49. The molecule has 0 amide bonds. The maximum absolute atomic E-state index is 12.2. The first-order chi connectivity index (χ1) is 8.34. The summed E-state index contributed by atoms with van der Waals surface area (Å²) in [5.74, 6) is -1.26. The summed E-state index contributed by atoms with van der Waals surface area (Å²) in [6, 6.07) is 6.26. The number of aryl methyl sites for hydroxylation is 1. The second-order valence-corrected chi connectivity index (χ2v) is 6.80. The lowest BCUT2D eigenvalue weighted by Gasteiger charge is -2.09. The van der Waals surface area contributed by atoms with Gasteiger partial charge in [0.25, 0.3) is 0 Å². The number of sulfone groups is 1. The fourth-order valence-corrected chi connectivity index (χ4v) is 4.16. The molecule has 0 aliphatic heterocycles. The van der Waals surface area contributed by atoms with Crippen LogP contribution in [0.15, 0.2) is 29.2 Å². The molecule has 98 valence electrons. The number of aliphatic hydroxyl groups is 1. The third-order valence-electron chi connectivity index (χ3n) is 3.44. The molecule has 1 aliphatic carbocycles. The summed E-state index contributed by atoms with van der Waals surface area (Å²) in [6.07, 6.45) is -0.0327. The molecule has 1 aliphatic rings. The molecule has 1 saturated carbocycles. The third kappa shape index (κ3) is 1.81. The Morgan fingerprint density at radius 1 is 1.39 bits per heavy atom. The standard InChI is InChI=1S/C12H14O5S/c1-8-2-4-9(5-3-8)18(16,17)10-6-12(10,7-13)11(14)15/h2-5,10,13H,6-7H2,1H3,(H,14,15)/t10-,12-/m0/s1. The molecular weight excluding hydrogens is 256 g/mol. The monoisotopic (exact) mass is 270 g/mol. The van der Waals surface area contributed by atoms with Crippen LogP contribution in [0.4, 0.5) is 0 Å². The number of aliphatic carboxylic acids is 1. The van der Waals surface area contributed by atoms with Crippen LogP contribution in [-0.4, -0.2) is 36.5 Å². The van der Waals surface area contributed by atoms with Gasteiger partial charge in [-0.3, -0.25) is 4.79 Å². The molecule has 0 radical (unpaired) electrons. The van der Waals surface area contributed by atoms with Gasteiger partial charge in [0.05, 0.1) is 16.8 Å². The number of carboxylic acids is 1. The summed E-state index contributed by atoms with van der Waals surface area (Å²) in [5, 5.41) is 17.1. The van der Waals surface area contributed by atoms with Crippen LogP contribution in [0.2, 0.25) is 0 Å². The Bertz CT molecular complexity index is 575. The van der Waals surface area contributed by atoms with E-state index in [0.717, 1.165) is 5.56 Å². The molecule has 0 heterocycles. The minimum atomic E-state index is -3.69. The van der Waals surface area contributed by atoms with Gasteiger partial charge in [0.15, 0.2) is 9.84 Å². The highest BCUT2D eigenvalue weighted by Crippen LogP contribution is 2.52. The minimum absolute atomic E-state index is 0.0327. The van der Waals surface area contributed by atoms with Crippen LogP contribution in [0.3, 0.4) is 0 Å². The van der Waals surface area contributed by atoms with Crippen molar-refractivity contribution in [3.05, 3.63) is 29.8 Å². The maximum Gasteiger partial charge on any atom is 0.313 e. The van der Waals surface area contributed by atoms with Crippen LogP contribution in [0.1, 0.15) is 12.0 Å². The fourth-order valence-electron chi connectivity index (χ4n) is 2.03. The molecule has 6 heteroatoms. The van der Waals surface area contributed by atoms with E-state index in [-0.39, 0.29) is 11.3 Å². The zero-order valence-corrected chi connectivity index (χ0v) is 10.6. The molecule has 0 saturated heterocycles. The van der Waals surface area contributed by atoms with Gasteiger partial charge in [0.2, 0.25) is 0 Å². The van der Waals surface area contributed by atoms with Gasteiger partial charge in [-0.2, -0.15) is 0 Å². The van der Waals surface area contributed by atoms with Crippen molar-refractivity contribution in [3.63, 3.8) is 0 Å². The molecule has 2 N–H and O–H groups in total. The average Bonchev–Trinajstić information content (AvgIpc) is 3.06. The van der Waals surface area contributed by atoms with E-state index in [9.17, 15) is 13.2 Å². The predicted octanol–water partition coefficient (Wildman–Crippen LogP) is 0.604. The van der Waals surface area contributed by atoms with Gasteiger partial charge in [0.1, 0.15) is 5.41 Å². The Balaban J connectivity index is 2.35. The molecule has 2 atom stereocenters. The van der Waals surface area contributed by atoms with E-state index in [2.05, 4.69) is 0 Å². The van der Waals surface area contributed by atoms with Crippen LogP contribution >= 0.6 is 0 Å². The number of aliphatic hydroxyl groups excluding tert-OH is 1. The summed E-state index contributed by atoms with van der Waals surface area (Å²) in [5.41, 5.74) is -0.597. The first-order valence-corrected chi connectivity index (χ1v) is 7.04. The van der Waals surface area contributed by atoms with Crippen molar-refractivity contribution in [2.45, 2.75) is 23.5 Å². The van der Waals surface area contributed by atoms with Gasteiger partial charge >= 0.3 is 5.97 Å². The second kappa shape index (κ2) is 4.07. The topological polar surface area (TPSA) is 91.7 Å². The van der Waals surface area contributed by atoms with E-state index in [0.29, 0.717) is 0 Å². The van der Waals surface area contributed by atoms with Crippen molar-refractivity contribution in [1.82, 2.24) is 0 Å².